The number of hydrogen-bond donors (Lipinski definition) is 2. The molecule has 4 aliphatic rings. The van der Waals surface area contributed by atoms with Crippen LogP contribution in [0.25, 0.3) is 0 Å². The predicted molar refractivity (Wildman–Crippen MR) is 73.2 cm³/mol. The van der Waals surface area contributed by atoms with E-state index in [1.54, 1.807) is 24.3 Å². The van der Waals surface area contributed by atoms with Gasteiger partial charge in [-0.3, -0.25) is 0 Å². The molecule has 0 saturated heterocycles. The molecule has 4 unspecified atom stereocenters. The highest BCUT2D eigenvalue weighted by molar-refractivity contribution is 5.85. The lowest BCUT2D eigenvalue weighted by Gasteiger charge is -2.33. The Morgan fingerprint density at radius 2 is 1.05 bits per heavy atom. The van der Waals surface area contributed by atoms with Crippen molar-refractivity contribution in [1.82, 2.24) is 0 Å². The van der Waals surface area contributed by atoms with Crippen molar-refractivity contribution in [1.29, 1.82) is 0 Å². The van der Waals surface area contributed by atoms with Gasteiger partial charge in [0.15, 0.2) is 11.2 Å². The van der Waals surface area contributed by atoms with Gasteiger partial charge in [-0.1, -0.05) is 24.3 Å². The molecule has 22 heavy (non-hydrogen) atoms. The van der Waals surface area contributed by atoms with Gasteiger partial charge in [0.05, 0.1) is 14.2 Å². The van der Waals surface area contributed by atoms with Gasteiger partial charge in [0.2, 0.25) is 0 Å². The molecule has 6 nitrogen and oxygen atoms in total. The smallest absolute Gasteiger partial charge is 0.339 e. The van der Waals surface area contributed by atoms with E-state index < -0.39 is 46.8 Å². The van der Waals surface area contributed by atoms with Crippen molar-refractivity contribution in [3.63, 3.8) is 0 Å². The molecule has 2 N–H and O–H groups in total. The molecule has 0 radical (unpaired) electrons. The molecule has 2 saturated carbocycles. The van der Waals surface area contributed by atoms with Gasteiger partial charge in [0.1, 0.15) is 0 Å². The molecule has 0 spiro atoms. The molecule has 0 aromatic rings. The van der Waals surface area contributed by atoms with Crippen LogP contribution < -0.4 is 0 Å². The van der Waals surface area contributed by atoms with Crippen molar-refractivity contribution >= 4 is 11.9 Å². The molecule has 118 valence electrons. The molecule has 2 fully saturated rings. The Balaban J connectivity index is 1.84. The standard InChI is InChI=1S/C16H18O6/c1-21-13(17)15(19)7-3-5-9-11(7)12-8(15)4-6-10(12)16(9,20)14(18)22-2/h3-12,19-20H,1-2H3/t7-,8+,9+,10-,11?,12?,15?,16?. The summed E-state index contributed by atoms with van der Waals surface area (Å²) in [5.41, 5.74) is -3.25. The lowest BCUT2D eigenvalue weighted by atomic mass is 9.78. The van der Waals surface area contributed by atoms with E-state index in [0.717, 1.165) is 0 Å². The molecule has 4 rings (SSSR count). The van der Waals surface area contributed by atoms with E-state index in [2.05, 4.69) is 0 Å². The fourth-order valence-electron chi connectivity index (χ4n) is 5.47. The minimum atomic E-state index is -1.63. The summed E-state index contributed by atoms with van der Waals surface area (Å²) in [6.07, 6.45) is 6.95. The largest absolute Gasteiger partial charge is 0.467 e. The van der Waals surface area contributed by atoms with Gasteiger partial charge in [0.25, 0.3) is 0 Å². The zero-order valence-electron chi connectivity index (χ0n) is 12.3. The molecule has 0 bridgehead atoms. The van der Waals surface area contributed by atoms with E-state index in [1.165, 1.54) is 14.2 Å². The molecule has 0 aromatic carbocycles. The van der Waals surface area contributed by atoms with Gasteiger partial charge in [-0.15, -0.1) is 0 Å². The third-order valence-electron chi connectivity index (χ3n) is 6.21. The lowest BCUT2D eigenvalue weighted by molar-refractivity contribution is -0.174. The third-order valence-corrected chi connectivity index (χ3v) is 6.21. The summed E-state index contributed by atoms with van der Waals surface area (Å²) in [4.78, 5) is 24.4. The van der Waals surface area contributed by atoms with Crippen LogP contribution >= 0.6 is 0 Å². The number of methoxy groups -OCH3 is 2. The second kappa shape index (κ2) is 4.00. The van der Waals surface area contributed by atoms with Crippen LogP contribution in [0.5, 0.6) is 0 Å². The number of hydrogen-bond acceptors (Lipinski definition) is 6. The van der Waals surface area contributed by atoms with Gasteiger partial charge >= 0.3 is 11.9 Å². The van der Waals surface area contributed by atoms with E-state index in [9.17, 15) is 19.8 Å². The summed E-state index contributed by atoms with van der Waals surface area (Å²) in [5.74, 6) is -3.46. The van der Waals surface area contributed by atoms with Crippen LogP contribution in [-0.2, 0) is 19.1 Å². The monoisotopic (exact) mass is 306 g/mol. The Morgan fingerprint density at radius 3 is 1.27 bits per heavy atom. The van der Waals surface area contributed by atoms with E-state index in [-0.39, 0.29) is 11.8 Å². The Hall–Kier alpha value is -1.66. The number of carbonyl (C=O) groups excluding carboxylic acids is 2. The SMILES string of the molecule is COC(=O)C1(O)[C@@H]2C=C[C@H]3C2C2[C@@H](C=C[C@@H]21)C3(O)C(=O)OC. The lowest BCUT2D eigenvalue weighted by Crippen LogP contribution is -2.52. The molecule has 0 heterocycles. The van der Waals surface area contributed by atoms with Crippen LogP contribution in [0, 0.1) is 35.5 Å². The van der Waals surface area contributed by atoms with Gasteiger partial charge in [-0.05, 0) is 11.8 Å². The summed E-state index contributed by atoms with van der Waals surface area (Å²) in [6.45, 7) is 0. The number of carbonyl (C=O) groups is 2. The first-order chi connectivity index (χ1) is 10.4. The quantitative estimate of drug-likeness (QED) is 0.535. The summed E-state index contributed by atoms with van der Waals surface area (Å²) in [5, 5.41) is 22.1. The van der Waals surface area contributed by atoms with Crippen LogP contribution in [0.15, 0.2) is 24.3 Å². The molecule has 6 heteroatoms. The van der Waals surface area contributed by atoms with Crippen molar-refractivity contribution in [2.24, 2.45) is 35.5 Å². The molecular weight excluding hydrogens is 288 g/mol. The fraction of sp³-hybridized carbons (Fsp3) is 0.625. The first kappa shape index (κ1) is 14.0. The summed E-state index contributed by atoms with van der Waals surface area (Å²) in [6, 6.07) is 0. The first-order valence-electron chi connectivity index (χ1n) is 7.40. The zero-order chi connectivity index (χ0) is 15.9. The normalized spacial score (nSPS) is 52.9. The summed E-state index contributed by atoms with van der Waals surface area (Å²) < 4.78 is 9.63. The fourth-order valence-corrected chi connectivity index (χ4v) is 5.47. The first-order valence-corrected chi connectivity index (χ1v) is 7.40. The highest BCUT2D eigenvalue weighted by Gasteiger charge is 2.77. The summed E-state index contributed by atoms with van der Waals surface area (Å²) in [7, 11) is 2.51. The Kier molecular flexibility index (Phi) is 2.54. The van der Waals surface area contributed by atoms with Crippen LogP contribution in [-0.4, -0.2) is 47.6 Å². The average Bonchev–Trinajstić information content (AvgIpc) is 3.22. The summed E-state index contributed by atoms with van der Waals surface area (Å²) >= 11 is 0. The Labute approximate surface area is 127 Å². The topological polar surface area (TPSA) is 93.1 Å². The number of rotatable bonds is 2. The van der Waals surface area contributed by atoms with Gasteiger partial charge in [-0.2, -0.15) is 0 Å². The van der Waals surface area contributed by atoms with Crippen LogP contribution in [0.4, 0.5) is 0 Å². The van der Waals surface area contributed by atoms with Gasteiger partial charge in [-0.25, -0.2) is 9.59 Å². The zero-order valence-corrected chi connectivity index (χ0v) is 12.3. The van der Waals surface area contributed by atoms with Crippen LogP contribution in [0.3, 0.4) is 0 Å². The maximum atomic E-state index is 12.2. The van der Waals surface area contributed by atoms with Crippen molar-refractivity contribution in [3.05, 3.63) is 24.3 Å². The molecule has 0 amide bonds. The predicted octanol–water partition coefficient (Wildman–Crippen LogP) is -0.341. The van der Waals surface area contributed by atoms with Crippen molar-refractivity contribution < 1.29 is 29.3 Å². The highest BCUT2D eigenvalue weighted by atomic mass is 16.5. The molecular formula is C16H18O6. The molecule has 8 atom stereocenters. The second-order valence-electron chi connectivity index (χ2n) is 6.66. The number of esters is 2. The minimum absolute atomic E-state index is 0.168. The van der Waals surface area contributed by atoms with E-state index in [4.69, 9.17) is 9.47 Å². The second-order valence-corrected chi connectivity index (χ2v) is 6.66. The van der Waals surface area contributed by atoms with Crippen LogP contribution in [0.2, 0.25) is 0 Å². The Bertz CT molecular complexity index is 538. The molecule has 0 aliphatic heterocycles. The Morgan fingerprint density at radius 1 is 0.773 bits per heavy atom. The average molecular weight is 306 g/mol. The van der Waals surface area contributed by atoms with E-state index in [1.807, 2.05) is 0 Å². The van der Waals surface area contributed by atoms with Crippen molar-refractivity contribution in [2.75, 3.05) is 14.2 Å². The molecule has 4 aliphatic carbocycles. The van der Waals surface area contributed by atoms with Crippen LogP contribution in [0.1, 0.15) is 0 Å². The maximum absolute atomic E-state index is 12.2. The number of aliphatic hydroxyl groups is 2. The minimum Gasteiger partial charge on any atom is -0.467 e. The van der Waals surface area contributed by atoms with Crippen molar-refractivity contribution in [2.45, 2.75) is 11.2 Å². The maximum Gasteiger partial charge on any atom is 0.339 e. The highest BCUT2D eigenvalue weighted by Crippen LogP contribution is 2.69. The van der Waals surface area contributed by atoms with E-state index >= 15 is 0 Å². The van der Waals surface area contributed by atoms with Crippen molar-refractivity contribution in [3.8, 4) is 0 Å². The van der Waals surface area contributed by atoms with E-state index in [0.29, 0.717) is 0 Å². The molecule has 0 aromatic heterocycles. The van der Waals surface area contributed by atoms with Gasteiger partial charge in [0, 0.05) is 23.7 Å². The third kappa shape index (κ3) is 1.18. The van der Waals surface area contributed by atoms with Gasteiger partial charge < -0.3 is 19.7 Å². The number of ether oxygens (including phenoxy) is 2.